The van der Waals surface area contributed by atoms with Crippen LogP contribution in [0.2, 0.25) is 10.0 Å². The van der Waals surface area contributed by atoms with Crippen LogP contribution in [0.1, 0.15) is 30.9 Å². The number of nitrogens with two attached hydrogens (primary N) is 1. The van der Waals surface area contributed by atoms with Crippen molar-refractivity contribution in [3.63, 3.8) is 0 Å². The minimum atomic E-state index is -0.166. The van der Waals surface area contributed by atoms with Gasteiger partial charge in [0, 0.05) is 11.5 Å². The van der Waals surface area contributed by atoms with Crippen LogP contribution in [0.15, 0.2) is 18.2 Å². The van der Waals surface area contributed by atoms with Gasteiger partial charge in [0.25, 0.3) is 0 Å². The van der Waals surface area contributed by atoms with Gasteiger partial charge in [0.2, 0.25) is 0 Å². The van der Waals surface area contributed by atoms with Crippen LogP contribution in [0.4, 0.5) is 0 Å². The van der Waals surface area contributed by atoms with E-state index in [9.17, 15) is 5.11 Å². The van der Waals surface area contributed by atoms with E-state index in [1.165, 1.54) is 0 Å². The molecule has 0 radical (unpaired) electrons. The molecule has 4 heteroatoms. The highest BCUT2D eigenvalue weighted by Crippen LogP contribution is 2.49. The first kappa shape index (κ1) is 12.2. The first-order chi connectivity index (χ1) is 7.59. The van der Waals surface area contributed by atoms with E-state index in [-0.39, 0.29) is 18.1 Å². The van der Waals surface area contributed by atoms with E-state index in [1.54, 1.807) is 12.1 Å². The lowest BCUT2D eigenvalue weighted by molar-refractivity contribution is 0.0184. The van der Waals surface area contributed by atoms with Gasteiger partial charge in [-0.1, -0.05) is 35.7 Å². The van der Waals surface area contributed by atoms with E-state index in [1.807, 2.05) is 6.07 Å². The van der Waals surface area contributed by atoms with Crippen LogP contribution >= 0.6 is 23.2 Å². The fourth-order valence-electron chi connectivity index (χ4n) is 2.26. The summed E-state index contributed by atoms with van der Waals surface area (Å²) in [7, 11) is 0. The molecule has 1 atom stereocenters. The maximum Gasteiger partial charge on any atom is 0.0595 e. The van der Waals surface area contributed by atoms with Gasteiger partial charge in [-0.3, -0.25) is 0 Å². The summed E-state index contributed by atoms with van der Waals surface area (Å²) in [6, 6.07) is 5.27. The van der Waals surface area contributed by atoms with E-state index in [0.29, 0.717) is 10.0 Å². The minimum absolute atomic E-state index is 0.133. The van der Waals surface area contributed by atoms with Crippen LogP contribution in [-0.4, -0.2) is 11.7 Å². The molecule has 1 fully saturated rings. The minimum Gasteiger partial charge on any atom is -0.396 e. The number of rotatable bonds is 3. The molecule has 0 aromatic heterocycles. The van der Waals surface area contributed by atoms with Crippen molar-refractivity contribution in [1.29, 1.82) is 0 Å². The highest BCUT2D eigenvalue weighted by molar-refractivity contribution is 6.42. The Bertz CT molecular complexity index is 385. The monoisotopic (exact) mass is 259 g/mol. The smallest absolute Gasteiger partial charge is 0.0595 e. The molecule has 1 unspecified atom stereocenters. The number of hydrogen-bond acceptors (Lipinski definition) is 2. The highest BCUT2D eigenvalue weighted by atomic mass is 35.5. The summed E-state index contributed by atoms with van der Waals surface area (Å²) in [4.78, 5) is 0. The molecule has 1 aromatic carbocycles. The van der Waals surface area contributed by atoms with Crippen molar-refractivity contribution >= 4 is 23.2 Å². The second-order valence-corrected chi connectivity index (χ2v) is 5.34. The number of halogens is 2. The summed E-state index contributed by atoms with van der Waals surface area (Å²) in [6.45, 7) is 0.133. The molecule has 0 bridgehead atoms. The Balaban J connectivity index is 2.26. The van der Waals surface area contributed by atoms with Gasteiger partial charge in [-0.15, -0.1) is 0 Å². The molecule has 1 saturated carbocycles. The van der Waals surface area contributed by atoms with Crippen LogP contribution in [-0.2, 0) is 0 Å². The first-order valence-electron chi connectivity index (χ1n) is 5.40. The van der Waals surface area contributed by atoms with Crippen LogP contribution < -0.4 is 5.73 Å². The molecule has 1 aromatic rings. The van der Waals surface area contributed by atoms with Gasteiger partial charge < -0.3 is 10.8 Å². The van der Waals surface area contributed by atoms with Crippen molar-refractivity contribution in [1.82, 2.24) is 0 Å². The summed E-state index contributed by atoms with van der Waals surface area (Å²) < 4.78 is 0. The van der Waals surface area contributed by atoms with Gasteiger partial charge >= 0.3 is 0 Å². The Hall–Kier alpha value is -0.280. The van der Waals surface area contributed by atoms with Gasteiger partial charge in [0.05, 0.1) is 16.7 Å². The van der Waals surface area contributed by atoms with Gasteiger partial charge in [-0.2, -0.15) is 0 Å². The maximum atomic E-state index is 9.45. The molecular weight excluding hydrogens is 245 g/mol. The fraction of sp³-hybridized carbons (Fsp3) is 0.500. The number of aliphatic hydroxyl groups excluding tert-OH is 1. The Kier molecular flexibility index (Phi) is 3.45. The first-order valence-corrected chi connectivity index (χ1v) is 6.16. The molecule has 0 spiro atoms. The molecule has 1 aliphatic carbocycles. The van der Waals surface area contributed by atoms with Crippen LogP contribution in [0, 0.1) is 5.41 Å². The number of aliphatic hydroxyl groups is 1. The fourth-order valence-corrected chi connectivity index (χ4v) is 2.56. The molecule has 0 amide bonds. The van der Waals surface area contributed by atoms with Crippen LogP contribution in [0.5, 0.6) is 0 Å². The standard InChI is InChI=1S/C12H15Cl2NO/c13-9-3-2-8(6-10(9)14)11(15)12(7-16)4-1-5-12/h2-3,6,11,16H,1,4-5,7,15H2. The molecule has 0 aliphatic heterocycles. The number of hydrogen-bond donors (Lipinski definition) is 2. The van der Waals surface area contributed by atoms with E-state index in [0.717, 1.165) is 24.8 Å². The molecule has 3 N–H and O–H groups in total. The normalized spacial score (nSPS) is 20.2. The maximum absolute atomic E-state index is 9.45. The predicted molar refractivity (Wildman–Crippen MR) is 66.8 cm³/mol. The van der Waals surface area contributed by atoms with Gasteiger partial charge in [-0.25, -0.2) is 0 Å². The second-order valence-electron chi connectivity index (χ2n) is 4.53. The summed E-state index contributed by atoms with van der Waals surface area (Å²) in [5.41, 5.74) is 6.99. The van der Waals surface area contributed by atoms with Crippen molar-refractivity contribution < 1.29 is 5.11 Å². The van der Waals surface area contributed by atoms with Gasteiger partial charge in [0.15, 0.2) is 0 Å². The van der Waals surface area contributed by atoms with Crippen LogP contribution in [0.3, 0.4) is 0 Å². The largest absolute Gasteiger partial charge is 0.396 e. The zero-order valence-corrected chi connectivity index (χ0v) is 10.4. The molecule has 2 rings (SSSR count). The van der Waals surface area contributed by atoms with Crippen molar-refractivity contribution in [2.45, 2.75) is 25.3 Å². The topological polar surface area (TPSA) is 46.2 Å². The summed E-state index contributed by atoms with van der Waals surface area (Å²) in [5.74, 6) is 0. The third kappa shape index (κ3) is 1.95. The average molecular weight is 260 g/mol. The van der Waals surface area contributed by atoms with E-state index < -0.39 is 0 Å². The third-order valence-electron chi connectivity index (χ3n) is 3.63. The SMILES string of the molecule is NC(c1ccc(Cl)c(Cl)c1)C1(CO)CCC1. The molecule has 16 heavy (non-hydrogen) atoms. The summed E-state index contributed by atoms with van der Waals surface area (Å²) in [5, 5.41) is 10.5. The molecule has 2 nitrogen and oxygen atoms in total. The lowest BCUT2D eigenvalue weighted by Crippen LogP contribution is -2.43. The Labute approximate surface area is 105 Å². The van der Waals surface area contributed by atoms with E-state index in [4.69, 9.17) is 28.9 Å². The lowest BCUT2D eigenvalue weighted by atomic mass is 9.63. The van der Waals surface area contributed by atoms with Crippen molar-refractivity contribution in [3.05, 3.63) is 33.8 Å². The van der Waals surface area contributed by atoms with Crippen molar-refractivity contribution in [3.8, 4) is 0 Å². The third-order valence-corrected chi connectivity index (χ3v) is 4.37. The highest BCUT2D eigenvalue weighted by Gasteiger charge is 2.42. The molecule has 1 aliphatic rings. The average Bonchev–Trinajstić information content (AvgIpc) is 2.21. The summed E-state index contributed by atoms with van der Waals surface area (Å²) >= 11 is 11.8. The number of benzene rings is 1. The zero-order chi connectivity index (χ0) is 11.8. The Morgan fingerprint density at radius 2 is 2.00 bits per heavy atom. The van der Waals surface area contributed by atoms with Crippen molar-refractivity contribution in [2.75, 3.05) is 6.61 Å². The Morgan fingerprint density at radius 3 is 2.44 bits per heavy atom. The Morgan fingerprint density at radius 1 is 1.31 bits per heavy atom. The van der Waals surface area contributed by atoms with Gasteiger partial charge in [-0.05, 0) is 30.5 Å². The van der Waals surface area contributed by atoms with Crippen molar-refractivity contribution in [2.24, 2.45) is 11.1 Å². The van der Waals surface area contributed by atoms with E-state index in [2.05, 4.69) is 0 Å². The molecule has 0 heterocycles. The zero-order valence-electron chi connectivity index (χ0n) is 8.92. The molecule has 88 valence electrons. The summed E-state index contributed by atoms with van der Waals surface area (Å²) in [6.07, 6.45) is 3.09. The van der Waals surface area contributed by atoms with E-state index >= 15 is 0 Å². The lowest BCUT2D eigenvalue weighted by Gasteiger charge is -2.45. The second kappa shape index (κ2) is 4.53. The molecule has 0 saturated heterocycles. The predicted octanol–water partition coefficient (Wildman–Crippen LogP) is 3.16. The quantitative estimate of drug-likeness (QED) is 0.876. The van der Waals surface area contributed by atoms with Crippen LogP contribution in [0.25, 0.3) is 0 Å². The van der Waals surface area contributed by atoms with Gasteiger partial charge in [0.1, 0.15) is 0 Å². The molecular formula is C12H15Cl2NO.